The molecule has 0 aromatic heterocycles. The van der Waals surface area contributed by atoms with Crippen LogP contribution in [0, 0.1) is 31.5 Å². The average Bonchev–Trinajstić information content (AvgIpc) is 2.63. The van der Waals surface area contributed by atoms with Gasteiger partial charge in [-0.1, -0.05) is 19.1 Å². The number of rotatable bonds is 3. The summed E-state index contributed by atoms with van der Waals surface area (Å²) >= 11 is 0. The quantitative estimate of drug-likeness (QED) is 0.909. The predicted molar refractivity (Wildman–Crippen MR) is 80.3 cm³/mol. The molecular weight excluding hydrogens is 253 g/mol. The van der Waals surface area contributed by atoms with Crippen molar-refractivity contribution in [3.05, 3.63) is 34.6 Å². The SMILES string of the molecule is CNC(c1cc(C)c(F)c(C)c1)C1C(C)OC(C)C1C. The Labute approximate surface area is 121 Å². The highest BCUT2D eigenvalue weighted by atomic mass is 19.1. The molecule has 0 aliphatic carbocycles. The number of hydrogen-bond donors (Lipinski definition) is 1. The molecule has 2 nitrogen and oxygen atoms in total. The standard InChI is InChI=1S/C17H26FNO/c1-9-7-14(8-10(2)16(9)18)17(19-6)15-11(3)12(4)20-13(15)5/h7-8,11-13,15,17,19H,1-6H3. The van der Waals surface area contributed by atoms with Gasteiger partial charge in [-0.3, -0.25) is 0 Å². The molecular formula is C17H26FNO. The van der Waals surface area contributed by atoms with Gasteiger partial charge >= 0.3 is 0 Å². The monoisotopic (exact) mass is 279 g/mol. The molecule has 112 valence electrons. The molecule has 20 heavy (non-hydrogen) atoms. The van der Waals surface area contributed by atoms with Crippen LogP contribution in [-0.2, 0) is 4.74 Å². The van der Waals surface area contributed by atoms with Crippen LogP contribution in [0.5, 0.6) is 0 Å². The van der Waals surface area contributed by atoms with Crippen LogP contribution in [0.2, 0.25) is 0 Å². The lowest BCUT2D eigenvalue weighted by Crippen LogP contribution is -2.33. The first-order chi connectivity index (χ1) is 9.36. The summed E-state index contributed by atoms with van der Waals surface area (Å²) in [5, 5.41) is 3.41. The molecule has 0 bridgehead atoms. The molecule has 1 aromatic carbocycles. The zero-order valence-electron chi connectivity index (χ0n) is 13.3. The molecule has 0 spiro atoms. The Bertz CT molecular complexity index is 465. The van der Waals surface area contributed by atoms with Crippen molar-refractivity contribution in [2.75, 3.05) is 7.05 Å². The summed E-state index contributed by atoms with van der Waals surface area (Å²) in [6.45, 7) is 10.2. The highest BCUT2D eigenvalue weighted by Crippen LogP contribution is 2.40. The van der Waals surface area contributed by atoms with E-state index >= 15 is 0 Å². The van der Waals surface area contributed by atoms with Gasteiger partial charge in [-0.2, -0.15) is 0 Å². The Balaban J connectivity index is 2.38. The summed E-state index contributed by atoms with van der Waals surface area (Å²) in [5.41, 5.74) is 2.59. The maximum Gasteiger partial charge on any atom is 0.129 e. The highest BCUT2D eigenvalue weighted by Gasteiger charge is 2.41. The van der Waals surface area contributed by atoms with Crippen molar-refractivity contribution in [3.8, 4) is 0 Å². The van der Waals surface area contributed by atoms with Crippen molar-refractivity contribution in [2.45, 2.75) is 52.9 Å². The van der Waals surface area contributed by atoms with Gasteiger partial charge < -0.3 is 10.1 Å². The van der Waals surface area contributed by atoms with Gasteiger partial charge in [0.1, 0.15) is 5.82 Å². The first kappa shape index (κ1) is 15.5. The Hall–Kier alpha value is -0.930. The van der Waals surface area contributed by atoms with E-state index in [0.717, 1.165) is 5.56 Å². The van der Waals surface area contributed by atoms with Gasteiger partial charge in [-0.05, 0) is 57.4 Å². The lowest BCUT2D eigenvalue weighted by atomic mass is 9.80. The molecule has 1 aliphatic rings. The molecule has 1 fully saturated rings. The average molecular weight is 279 g/mol. The van der Waals surface area contributed by atoms with Gasteiger partial charge in [0.15, 0.2) is 0 Å². The van der Waals surface area contributed by atoms with Crippen LogP contribution in [0.1, 0.15) is 43.5 Å². The Morgan fingerprint density at radius 3 is 2.05 bits per heavy atom. The predicted octanol–water partition coefficient (Wildman–Crippen LogP) is 3.76. The van der Waals surface area contributed by atoms with Gasteiger partial charge in [0.05, 0.1) is 12.2 Å². The van der Waals surface area contributed by atoms with Crippen molar-refractivity contribution >= 4 is 0 Å². The third-order valence-corrected chi connectivity index (χ3v) is 4.83. The third-order valence-electron chi connectivity index (χ3n) is 4.83. The van der Waals surface area contributed by atoms with E-state index in [-0.39, 0.29) is 24.1 Å². The Morgan fingerprint density at radius 2 is 1.65 bits per heavy atom. The van der Waals surface area contributed by atoms with Crippen molar-refractivity contribution in [3.63, 3.8) is 0 Å². The van der Waals surface area contributed by atoms with Gasteiger partial charge in [0.25, 0.3) is 0 Å². The Morgan fingerprint density at radius 1 is 1.10 bits per heavy atom. The van der Waals surface area contributed by atoms with Crippen molar-refractivity contribution in [1.82, 2.24) is 5.32 Å². The summed E-state index contributed by atoms with van der Waals surface area (Å²) in [5.74, 6) is 0.785. The van der Waals surface area contributed by atoms with Gasteiger partial charge in [0.2, 0.25) is 0 Å². The molecule has 1 saturated heterocycles. The van der Waals surface area contributed by atoms with E-state index in [9.17, 15) is 4.39 Å². The van der Waals surface area contributed by atoms with E-state index in [1.54, 1.807) is 0 Å². The summed E-state index contributed by atoms with van der Waals surface area (Å²) in [4.78, 5) is 0. The van der Waals surface area contributed by atoms with Crippen LogP contribution in [0.15, 0.2) is 12.1 Å². The lowest BCUT2D eigenvalue weighted by Gasteiger charge is -2.29. The summed E-state index contributed by atoms with van der Waals surface area (Å²) in [7, 11) is 1.97. The molecule has 3 heteroatoms. The van der Waals surface area contributed by atoms with Crippen LogP contribution in [0.25, 0.3) is 0 Å². The van der Waals surface area contributed by atoms with E-state index in [1.165, 1.54) is 0 Å². The molecule has 0 saturated carbocycles. The molecule has 5 unspecified atom stereocenters. The van der Waals surface area contributed by atoms with Crippen molar-refractivity contribution in [2.24, 2.45) is 11.8 Å². The van der Waals surface area contributed by atoms with Crippen LogP contribution in [0.3, 0.4) is 0 Å². The van der Waals surface area contributed by atoms with Gasteiger partial charge in [-0.25, -0.2) is 4.39 Å². The van der Waals surface area contributed by atoms with Gasteiger partial charge in [0, 0.05) is 12.0 Å². The van der Waals surface area contributed by atoms with E-state index < -0.39 is 0 Å². The lowest BCUT2D eigenvalue weighted by molar-refractivity contribution is 0.0478. The minimum atomic E-state index is -0.0965. The minimum Gasteiger partial charge on any atom is -0.375 e. The van der Waals surface area contributed by atoms with Crippen LogP contribution in [0.4, 0.5) is 4.39 Å². The number of ether oxygens (including phenoxy) is 1. The second-order valence-corrected chi connectivity index (χ2v) is 6.22. The summed E-state index contributed by atoms with van der Waals surface area (Å²) < 4.78 is 19.8. The maximum absolute atomic E-state index is 13.8. The zero-order chi connectivity index (χ0) is 15.0. The normalized spacial score (nSPS) is 31.6. The fourth-order valence-corrected chi connectivity index (χ4v) is 3.61. The second-order valence-electron chi connectivity index (χ2n) is 6.22. The van der Waals surface area contributed by atoms with Crippen LogP contribution >= 0.6 is 0 Å². The molecule has 2 rings (SSSR count). The minimum absolute atomic E-state index is 0.0965. The largest absolute Gasteiger partial charge is 0.375 e. The molecule has 1 aromatic rings. The van der Waals surface area contributed by atoms with Crippen molar-refractivity contribution in [1.29, 1.82) is 0 Å². The number of benzene rings is 1. The molecule has 0 radical (unpaired) electrons. The fourth-order valence-electron chi connectivity index (χ4n) is 3.61. The van der Waals surface area contributed by atoms with E-state index in [1.807, 2.05) is 33.0 Å². The highest BCUT2D eigenvalue weighted by molar-refractivity contribution is 5.33. The first-order valence-electron chi connectivity index (χ1n) is 7.46. The number of halogens is 1. The van der Waals surface area contributed by atoms with Crippen molar-refractivity contribution < 1.29 is 9.13 Å². The molecule has 5 atom stereocenters. The molecule has 1 N–H and O–H groups in total. The smallest absolute Gasteiger partial charge is 0.129 e. The fraction of sp³-hybridized carbons (Fsp3) is 0.647. The summed E-state index contributed by atoms with van der Waals surface area (Å²) in [6.07, 6.45) is 0.483. The number of hydrogen-bond acceptors (Lipinski definition) is 2. The summed E-state index contributed by atoms with van der Waals surface area (Å²) in [6, 6.07) is 4.13. The number of nitrogens with one attached hydrogen (secondary N) is 1. The first-order valence-corrected chi connectivity index (χ1v) is 7.46. The molecule has 0 amide bonds. The van der Waals surface area contributed by atoms with E-state index in [0.29, 0.717) is 23.0 Å². The van der Waals surface area contributed by atoms with E-state index in [4.69, 9.17) is 4.74 Å². The molecule has 1 heterocycles. The Kier molecular flexibility index (Phi) is 4.50. The van der Waals surface area contributed by atoms with Crippen LogP contribution < -0.4 is 5.32 Å². The maximum atomic E-state index is 13.8. The molecule has 1 aliphatic heterocycles. The third kappa shape index (κ3) is 2.61. The van der Waals surface area contributed by atoms with E-state index in [2.05, 4.69) is 26.1 Å². The van der Waals surface area contributed by atoms with Gasteiger partial charge in [-0.15, -0.1) is 0 Å². The second kappa shape index (κ2) is 5.82. The topological polar surface area (TPSA) is 21.3 Å². The number of aryl methyl sites for hydroxylation is 2. The zero-order valence-corrected chi connectivity index (χ0v) is 13.3. The van der Waals surface area contributed by atoms with Crippen LogP contribution in [-0.4, -0.2) is 19.3 Å².